The Hall–Kier alpha value is -1.71. The Labute approximate surface area is 259 Å². The minimum Gasteiger partial charge on any atom is -0.495 e. The van der Waals surface area contributed by atoms with Crippen molar-refractivity contribution >= 4 is 27.0 Å². The minimum atomic E-state index is -2.60. The predicted octanol–water partition coefficient (Wildman–Crippen LogP) is 8.35. The Kier molecular flexibility index (Phi) is 12.7. The van der Waals surface area contributed by atoms with Gasteiger partial charge in [0.1, 0.15) is 6.10 Å². The molecule has 4 nitrogen and oxygen atoms in total. The molecule has 0 aromatic heterocycles. The summed E-state index contributed by atoms with van der Waals surface area (Å²) in [5.41, 5.74) is 1.59. The van der Waals surface area contributed by atoms with E-state index in [4.69, 9.17) is 13.6 Å². The molecule has 0 aliphatic carbocycles. The van der Waals surface area contributed by atoms with Crippen LogP contribution < -0.4 is 10.4 Å². The van der Waals surface area contributed by atoms with Crippen molar-refractivity contribution < 1.29 is 18.7 Å². The van der Waals surface area contributed by atoms with Crippen LogP contribution >= 0.6 is 0 Å². The van der Waals surface area contributed by atoms with Crippen LogP contribution in [0.15, 0.2) is 72.5 Å². The van der Waals surface area contributed by atoms with Gasteiger partial charge in [-0.25, -0.2) is 0 Å². The van der Waals surface area contributed by atoms with E-state index in [-0.39, 0.29) is 23.9 Å². The van der Waals surface area contributed by atoms with Crippen molar-refractivity contribution in [2.45, 2.75) is 128 Å². The molecule has 1 aliphatic rings. The predicted molar refractivity (Wildman–Crippen MR) is 183 cm³/mol. The Morgan fingerprint density at radius 3 is 1.81 bits per heavy atom. The summed E-state index contributed by atoms with van der Waals surface area (Å²) in [5, 5.41) is 11.9. The number of allylic oxidation sites excluding steroid dienone is 1. The Bertz CT molecular complexity index is 1030. The molecule has 1 heterocycles. The molecule has 1 N–H and O–H groups in total. The molecule has 234 valence electrons. The number of aliphatic hydroxyl groups is 1. The monoisotopic (exact) mass is 610 g/mol. The molecule has 3 rings (SSSR count). The van der Waals surface area contributed by atoms with Crippen molar-refractivity contribution in [1.82, 2.24) is 0 Å². The van der Waals surface area contributed by atoms with Crippen molar-refractivity contribution in [1.29, 1.82) is 0 Å². The lowest BCUT2D eigenvalue weighted by atomic mass is 10.0. The van der Waals surface area contributed by atoms with E-state index >= 15 is 0 Å². The summed E-state index contributed by atoms with van der Waals surface area (Å²) < 4.78 is 21.1. The van der Waals surface area contributed by atoms with Crippen LogP contribution in [0.5, 0.6) is 0 Å². The Morgan fingerprint density at radius 2 is 1.36 bits per heavy atom. The maximum absolute atomic E-state index is 9.39. The van der Waals surface area contributed by atoms with Gasteiger partial charge in [-0.2, -0.15) is 0 Å². The molecule has 6 heteroatoms. The normalized spacial score (nSPS) is 18.5. The molecule has 0 spiro atoms. The van der Waals surface area contributed by atoms with Gasteiger partial charge in [-0.3, -0.25) is 0 Å². The molecule has 2 aromatic carbocycles. The quantitative estimate of drug-likeness (QED) is 0.163. The van der Waals surface area contributed by atoms with Crippen molar-refractivity contribution in [3.8, 4) is 0 Å². The van der Waals surface area contributed by atoms with Gasteiger partial charge in [0.2, 0.25) is 8.32 Å². The Balaban J connectivity index is 1.88. The van der Waals surface area contributed by atoms with Gasteiger partial charge in [0.25, 0.3) is 8.32 Å². The van der Waals surface area contributed by atoms with E-state index in [0.29, 0.717) is 23.2 Å². The lowest BCUT2D eigenvalue weighted by Gasteiger charge is -2.46. The van der Waals surface area contributed by atoms with Crippen LogP contribution in [0.4, 0.5) is 0 Å². The van der Waals surface area contributed by atoms with Crippen LogP contribution in [0.2, 0.25) is 21.7 Å². The molecule has 0 saturated carbocycles. The van der Waals surface area contributed by atoms with Crippen LogP contribution in [0.25, 0.3) is 0 Å². The van der Waals surface area contributed by atoms with Gasteiger partial charge in [-0.15, -0.1) is 0 Å². The van der Waals surface area contributed by atoms with E-state index in [0.717, 1.165) is 37.9 Å². The zero-order valence-electron chi connectivity index (χ0n) is 27.9. The number of hydrogen-bond acceptors (Lipinski definition) is 4. The molecular formula is C36H58O4Si2. The van der Waals surface area contributed by atoms with Crippen molar-refractivity contribution in [2.75, 3.05) is 13.2 Å². The third-order valence-corrected chi connectivity index (χ3v) is 20.4. The van der Waals surface area contributed by atoms with E-state index in [1.165, 1.54) is 10.4 Å². The van der Waals surface area contributed by atoms with Crippen LogP contribution in [-0.4, -0.2) is 47.2 Å². The van der Waals surface area contributed by atoms with E-state index in [2.05, 4.69) is 129 Å². The second-order valence-electron chi connectivity index (χ2n) is 14.1. The lowest BCUT2D eigenvalue weighted by molar-refractivity contribution is 0.0280. The number of benzene rings is 2. The average molecular weight is 611 g/mol. The second kappa shape index (κ2) is 15.3. The molecule has 0 bridgehead atoms. The first-order valence-corrected chi connectivity index (χ1v) is 20.3. The van der Waals surface area contributed by atoms with Gasteiger partial charge >= 0.3 is 0 Å². The molecule has 2 aromatic rings. The fourth-order valence-electron chi connectivity index (χ4n) is 7.42. The highest BCUT2D eigenvalue weighted by Gasteiger charge is 2.50. The van der Waals surface area contributed by atoms with E-state index in [1.807, 2.05) is 0 Å². The fraction of sp³-hybridized carbons (Fsp3) is 0.611. The summed E-state index contributed by atoms with van der Waals surface area (Å²) in [6.07, 6.45) is 6.58. The number of ether oxygens (including phenoxy) is 1. The van der Waals surface area contributed by atoms with Crippen LogP contribution in [0.3, 0.4) is 0 Å². The molecule has 0 fully saturated rings. The molecule has 42 heavy (non-hydrogen) atoms. The maximum Gasteiger partial charge on any atom is 0.261 e. The highest BCUT2D eigenvalue weighted by Crippen LogP contribution is 2.44. The SMILES string of the molecule is CC(C)[Si](O[C@@H]1C=C(CCCCO)O[C@@H](CCO[Si](c2ccccc2)(c2ccccc2)C(C)(C)C)C1)(C(C)C)C(C)C. The first-order chi connectivity index (χ1) is 19.9. The highest BCUT2D eigenvalue weighted by molar-refractivity contribution is 6.99. The zero-order valence-corrected chi connectivity index (χ0v) is 29.9. The van der Waals surface area contributed by atoms with Crippen molar-refractivity contribution in [3.63, 3.8) is 0 Å². The average Bonchev–Trinajstić information content (AvgIpc) is 2.94. The highest BCUT2D eigenvalue weighted by atomic mass is 28.4. The lowest BCUT2D eigenvalue weighted by Crippen LogP contribution is -2.66. The number of hydrogen-bond donors (Lipinski definition) is 1. The zero-order chi connectivity index (χ0) is 31.0. The van der Waals surface area contributed by atoms with Gasteiger partial charge in [0.15, 0.2) is 0 Å². The summed E-state index contributed by atoms with van der Waals surface area (Å²) in [6, 6.07) is 21.7. The summed E-state index contributed by atoms with van der Waals surface area (Å²) in [5.74, 6) is 1.02. The standard InChI is InChI=1S/C36H58O4Si2/c1-28(2)41(29(3)4,30(5)6)40-33-26-31(18-16-17-24-37)39-32(27-33)23-25-38-42(36(7,8)9,34-19-12-10-13-20-34)35-21-14-11-15-22-35/h10-15,19-22,26,28-30,32-33,37H,16-18,23-25,27H2,1-9H3/t32-,33+/m0/s1. The number of rotatable bonds is 15. The largest absolute Gasteiger partial charge is 0.495 e. The summed E-state index contributed by atoms with van der Waals surface area (Å²) >= 11 is 0. The van der Waals surface area contributed by atoms with Crippen molar-refractivity contribution in [3.05, 3.63) is 72.5 Å². The maximum atomic E-state index is 9.39. The van der Waals surface area contributed by atoms with Crippen LogP contribution in [0, 0.1) is 0 Å². The molecular weight excluding hydrogens is 553 g/mol. The van der Waals surface area contributed by atoms with Gasteiger partial charge < -0.3 is 18.7 Å². The van der Waals surface area contributed by atoms with E-state index in [1.54, 1.807) is 0 Å². The third-order valence-electron chi connectivity index (χ3n) is 9.25. The third kappa shape index (κ3) is 7.86. The smallest absolute Gasteiger partial charge is 0.261 e. The van der Waals surface area contributed by atoms with Gasteiger partial charge in [0, 0.05) is 32.5 Å². The van der Waals surface area contributed by atoms with E-state index < -0.39 is 16.6 Å². The van der Waals surface area contributed by atoms with Crippen molar-refractivity contribution in [2.24, 2.45) is 0 Å². The second-order valence-corrected chi connectivity index (χ2v) is 23.8. The van der Waals surface area contributed by atoms with Crippen LogP contribution in [0.1, 0.15) is 94.4 Å². The molecule has 0 saturated heterocycles. The molecule has 0 radical (unpaired) electrons. The number of unbranched alkanes of at least 4 members (excludes halogenated alkanes) is 1. The van der Waals surface area contributed by atoms with E-state index in [9.17, 15) is 5.11 Å². The fourth-order valence-corrected chi connectivity index (χ4v) is 17.5. The van der Waals surface area contributed by atoms with Gasteiger partial charge in [-0.1, -0.05) is 123 Å². The van der Waals surface area contributed by atoms with Gasteiger partial charge in [0.05, 0.1) is 11.9 Å². The number of aliphatic hydroxyl groups excluding tert-OH is 1. The summed E-state index contributed by atoms with van der Waals surface area (Å²) in [7, 11) is -4.65. The minimum absolute atomic E-state index is 0.0422. The van der Waals surface area contributed by atoms with Crippen LogP contribution in [-0.2, 0) is 13.6 Å². The topological polar surface area (TPSA) is 47.9 Å². The summed E-state index contributed by atoms with van der Waals surface area (Å²) in [6.45, 7) is 22.0. The first-order valence-electron chi connectivity index (χ1n) is 16.3. The van der Waals surface area contributed by atoms with Gasteiger partial charge in [-0.05, 0) is 51.0 Å². The molecule has 2 atom stereocenters. The first kappa shape index (κ1) is 34.8. The molecule has 0 unspecified atom stereocenters. The molecule has 0 amide bonds. The molecule has 1 aliphatic heterocycles. The Morgan fingerprint density at radius 1 is 0.833 bits per heavy atom. The summed E-state index contributed by atoms with van der Waals surface area (Å²) in [4.78, 5) is 0.